The van der Waals surface area contributed by atoms with Gasteiger partial charge in [-0.05, 0) is 23.6 Å². The lowest BCUT2D eigenvalue weighted by atomic mass is 10.0. The van der Waals surface area contributed by atoms with Crippen LogP contribution in [0.25, 0.3) is 0 Å². The van der Waals surface area contributed by atoms with E-state index in [-0.39, 0.29) is 28.9 Å². The summed E-state index contributed by atoms with van der Waals surface area (Å²) in [5, 5.41) is 9.57. The van der Waals surface area contributed by atoms with Gasteiger partial charge in [0.1, 0.15) is 11.6 Å². The van der Waals surface area contributed by atoms with Crippen LogP contribution in [-0.4, -0.2) is 11.1 Å². The van der Waals surface area contributed by atoms with Gasteiger partial charge >= 0.3 is 0 Å². The SMILES string of the molecule is CC1(C)[C@@H](N)[C@@H]1c1cc(F)ccc1O. The Morgan fingerprint density at radius 2 is 2.00 bits per heavy atom. The normalized spacial score (nSPS) is 28.9. The van der Waals surface area contributed by atoms with Crippen LogP contribution < -0.4 is 5.73 Å². The topological polar surface area (TPSA) is 46.2 Å². The number of phenols is 1. The average Bonchev–Trinajstić information content (AvgIpc) is 2.58. The zero-order valence-corrected chi connectivity index (χ0v) is 8.29. The summed E-state index contributed by atoms with van der Waals surface area (Å²) in [6, 6.07) is 4.01. The summed E-state index contributed by atoms with van der Waals surface area (Å²) < 4.78 is 13.0. The van der Waals surface area contributed by atoms with E-state index in [0.29, 0.717) is 5.56 Å². The number of hydrogen-bond donors (Lipinski definition) is 2. The number of hydrogen-bond acceptors (Lipinski definition) is 2. The Morgan fingerprint density at radius 3 is 2.50 bits per heavy atom. The smallest absolute Gasteiger partial charge is 0.123 e. The van der Waals surface area contributed by atoms with Crippen LogP contribution in [0.1, 0.15) is 25.3 Å². The van der Waals surface area contributed by atoms with Crippen LogP contribution in [0.3, 0.4) is 0 Å². The van der Waals surface area contributed by atoms with Crippen molar-refractivity contribution in [1.82, 2.24) is 0 Å². The molecule has 1 aliphatic carbocycles. The van der Waals surface area contributed by atoms with Crippen molar-refractivity contribution in [3.8, 4) is 5.75 Å². The standard InChI is InChI=1S/C11H14FNO/c1-11(2)9(10(11)13)7-5-6(12)3-4-8(7)14/h3-5,9-10,14H,13H2,1-2H3/t9-,10-/m0/s1. The second-order valence-corrected chi connectivity index (χ2v) is 4.53. The molecule has 14 heavy (non-hydrogen) atoms. The third-order valence-electron chi connectivity index (χ3n) is 3.24. The van der Waals surface area contributed by atoms with E-state index in [9.17, 15) is 9.50 Å². The van der Waals surface area contributed by atoms with Gasteiger partial charge in [-0.15, -0.1) is 0 Å². The van der Waals surface area contributed by atoms with E-state index >= 15 is 0 Å². The average molecular weight is 195 g/mol. The van der Waals surface area contributed by atoms with Gasteiger partial charge in [0.05, 0.1) is 0 Å². The van der Waals surface area contributed by atoms with E-state index in [1.54, 1.807) is 0 Å². The highest BCUT2D eigenvalue weighted by molar-refractivity contribution is 5.43. The Bertz CT molecular complexity index is 376. The molecule has 76 valence electrons. The molecule has 3 N–H and O–H groups in total. The molecule has 0 bridgehead atoms. The van der Waals surface area contributed by atoms with E-state index in [4.69, 9.17) is 5.73 Å². The molecule has 2 atom stereocenters. The second-order valence-electron chi connectivity index (χ2n) is 4.53. The molecular weight excluding hydrogens is 181 g/mol. The summed E-state index contributed by atoms with van der Waals surface area (Å²) in [5.41, 5.74) is 6.45. The summed E-state index contributed by atoms with van der Waals surface area (Å²) in [6.07, 6.45) is 0. The van der Waals surface area contributed by atoms with Crippen LogP contribution in [0.2, 0.25) is 0 Å². The molecule has 2 rings (SSSR count). The Balaban J connectivity index is 2.39. The van der Waals surface area contributed by atoms with Gasteiger partial charge in [-0.2, -0.15) is 0 Å². The second kappa shape index (κ2) is 2.70. The molecule has 3 heteroatoms. The largest absolute Gasteiger partial charge is 0.508 e. The minimum atomic E-state index is -0.326. The van der Waals surface area contributed by atoms with Crippen LogP contribution in [0.5, 0.6) is 5.75 Å². The molecule has 2 nitrogen and oxygen atoms in total. The summed E-state index contributed by atoms with van der Waals surface area (Å²) >= 11 is 0. The zero-order chi connectivity index (χ0) is 10.5. The summed E-state index contributed by atoms with van der Waals surface area (Å²) in [4.78, 5) is 0. The first kappa shape index (κ1) is 9.46. The number of aromatic hydroxyl groups is 1. The summed E-state index contributed by atoms with van der Waals surface area (Å²) in [5.74, 6) is -0.122. The van der Waals surface area contributed by atoms with Crippen molar-refractivity contribution in [2.24, 2.45) is 11.1 Å². The van der Waals surface area contributed by atoms with Crippen molar-refractivity contribution in [1.29, 1.82) is 0 Å². The molecule has 0 aliphatic heterocycles. The van der Waals surface area contributed by atoms with Crippen molar-refractivity contribution in [2.45, 2.75) is 25.8 Å². The molecule has 1 saturated carbocycles. The highest BCUT2D eigenvalue weighted by Crippen LogP contribution is 2.58. The number of nitrogens with two attached hydrogens (primary N) is 1. The van der Waals surface area contributed by atoms with E-state index in [1.165, 1.54) is 18.2 Å². The Morgan fingerprint density at radius 1 is 1.43 bits per heavy atom. The highest BCUT2D eigenvalue weighted by Gasteiger charge is 2.57. The number of benzene rings is 1. The molecule has 0 unspecified atom stereocenters. The molecule has 1 aromatic rings. The maximum Gasteiger partial charge on any atom is 0.123 e. The monoisotopic (exact) mass is 195 g/mol. The highest BCUT2D eigenvalue weighted by atomic mass is 19.1. The van der Waals surface area contributed by atoms with Crippen molar-refractivity contribution < 1.29 is 9.50 Å². The predicted octanol–water partition coefficient (Wildman–Crippen LogP) is 1.98. The van der Waals surface area contributed by atoms with Crippen LogP contribution >= 0.6 is 0 Å². The third kappa shape index (κ3) is 1.20. The quantitative estimate of drug-likeness (QED) is 0.719. The summed E-state index contributed by atoms with van der Waals surface area (Å²) in [7, 11) is 0. The molecule has 0 aromatic heterocycles. The molecule has 0 amide bonds. The van der Waals surface area contributed by atoms with Gasteiger partial charge in [-0.25, -0.2) is 4.39 Å². The molecule has 0 radical (unpaired) electrons. The fourth-order valence-corrected chi connectivity index (χ4v) is 2.05. The van der Waals surface area contributed by atoms with Gasteiger partial charge in [0.15, 0.2) is 0 Å². The zero-order valence-electron chi connectivity index (χ0n) is 8.29. The minimum absolute atomic E-state index is 0.00944. The molecule has 1 aromatic carbocycles. The van der Waals surface area contributed by atoms with Gasteiger partial charge < -0.3 is 10.8 Å². The first-order chi connectivity index (χ1) is 6.44. The van der Waals surface area contributed by atoms with E-state index in [2.05, 4.69) is 0 Å². The van der Waals surface area contributed by atoms with Crippen LogP contribution in [0.4, 0.5) is 4.39 Å². The Labute approximate surface area is 82.5 Å². The fraction of sp³-hybridized carbons (Fsp3) is 0.455. The Kier molecular flexibility index (Phi) is 1.83. The first-order valence-electron chi connectivity index (χ1n) is 4.68. The van der Waals surface area contributed by atoms with E-state index in [0.717, 1.165) is 0 Å². The predicted molar refractivity (Wildman–Crippen MR) is 52.6 cm³/mol. The lowest BCUT2D eigenvalue weighted by Gasteiger charge is -2.05. The number of phenolic OH excluding ortho intramolecular Hbond substituents is 1. The maximum atomic E-state index is 13.0. The molecule has 0 spiro atoms. The van der Waals surface area contributed by atoms with Crippen molar-refractivity contribution >= 4 is 0 Å². The lowest BCUT2D eigenvalue weighted by Crippen LogP contribution is -2.06. The number of halogens is 1. The molecule has 1 fully saturated rings. The van der Waals surface area contributed by atoms with Crippen molar-refractivity contribution in [3.63, 3.8) is 0 Å². The van der Waals surface area contributed by atoms with E-state index < -0.39 is 0 Å². The van der Waals surface area contributed by atoms with Gasteiger partial charge in [0.2, 0.25) is 0 Å². The fourth-order valence-electron chi connectivity index (χ4n) is 2.05. The van der Waals surface area contributed by atoms with Gasteiger partial charge in [0, 0.05) is 17.5 Å². The van der Waals surface area contributed by atoms with Crippen LogP contribution in [0, 0.1) is 11.2 Å². The minimum Gasteiger partial charge on any atom is -0.508 e. The lowest BCUT2D eigenvalue weighted by molar-refractivity contribution is 0.461. The van der Waals surface area contributed by atoms with Gasteiger partial charge in [0.25, 0.3) is 0 Å². The molecule has 1 aliphatic rings. The molecule has 0 heterocycles. The first-order valence-corrected chi connectivity index (χ1v) is 4.68. The van der Waals surface area contributed by atoms with Gasteiger partial charge in [-0.1, -0.05) is 13.8 Å². The number of rotatable bonds is 1. The van der Waals surface area contributed by atoms with Gasteiger partial charge in [-0.3, -0.25) is 0 Å². The third-order valence-corrected chi connectivity index (χ3v) is 3.24. The summed E-state index contributed by atoms with van der Waals surface area (Å²) in [6.45, 7) is 4.04. The van der Waals surface area contributed by atoms with Crippen LogP contribution in [0.15, 0.2) is 18.2 Å². The Hall–Kier alpha value is -1.09. The van der Waals surface area contributed by atoms with E-state index in [1.807, 2.05) is 13.8 Å². The maximum absolute atomic E-state index is 13.0. The molecule has 0 saturated heterocycles. The molecular formula is C11H14FNO. The van der Waals surface area contributed by atoms with Crippen LogP contribution in [-0.2, 0) is 0 Å². The van der Waals surface area contributed by atoms with Crippen molar-refractivity contribution in [3.05, 3.63) is 29.6 Å². The van der Waals surface area contributed by atoms with Crippen molar-refractivity contribution in [2.75, 3.05) is 0 Å².